The van der Waals surface area contributed by atoms with Gasteiger partial charge in [-0.15, -0.1) is 0 Å². The second kappa shape index (κ2) is 6.10. The van der Waals surface area contributed by atoms with E-state index in [0.717, 1.165) is 59.0 Å². The molecule has 0 aromatic heterocycles. The molecule has 0 aliphatic carbocycles. The highest BCUT2D eigenvalue weighted by Gasteiger charge is 2.39. The van der Waals surface area contributed by atoms with E-state index in [1.165, 1.54) is 0 Å². The van der Waals surface area contributed by atoms with Crippen LogP contribution in [0.15, 0.2) is 0 Å². The van der Waals surface area contributed by atoms with Crippen LogP contribution in [-0.2, 0) is 18.9 Å². The quantitative estimate of drug-likeness (QED) is 0.393. The summed E-state index contributed by atoms with van der Waals surface area (Å²) in [5, 5.41) is 0. The highest BCUT2D eigenvalue weighted by Crippen LogP contribution is 2.24. The normalized spacial score (nSPS) is 37.9. The lowest BCUT2D eigenvalue weighted by molar-refractivity contribution is 0.0211. The Morgan fingerprint density at radius 3 is 1.19 bits per heavy atom. The molecule has 120 valence electrons. The maximum Gasteiger partial charge on any atom is 0.0937 e. The Hall–Kier alpha value is -0.240. The van der Waals surface area contributed by atoms with Crippen LogP contribution < -0.4 is 0 Å². The van der Waals surface area contributed by atoms with Crippen LogP contribution in [0.1, 0.15) is 13.3 Å². The molecule has 6 nitrogen and oxygen atoms in total. The van der Waals surface area contributed by atoms with Crippen LogP contribution in [0, 0.1) is 0 Å². The van der Waals surface area contributed by atoms with Crippen molar-refractivity contribution in [1.82, 2.24) is 9.80 Å². The Kier molecular flexibility index (Phi) is 4.17. The van der Waals surface area contributed by atoms with E-state index in [4.69, 9.17) is 18.9 Å². The molecule has 0 saturated carbocycles. The van der Waals surface area contributed by atoms with Gasteiger partial charge in [-0.05, 0) is 6.42 Å². The summed E-state index contributed by atoms with van der Waals surface area (Å²) in [6, 6.07) is 0. The maximum atomic E-state index is 5.45. The third-order valence-corrected chi connectivity index (χ3v) is 4.57. The van der Waals surface area contributed by atoms with Gasteiger partial charge in [0.2, 0.25) is 0 Å². The van der Waals surface area contributed by atoms with Crippen LogP contribution in [-0.4, -0.2) is 93.0 Å². The van der Waals surface area contributed by atoms with E-state index in [2.05, 4.69) is 16.7 Å². The molecule has 0 N–H and O–H groups in total. The predicted octanol–water partition coefficient (Wildman–Crippen LogP) is -0.0783. The molecule has 4 atom stereocenters. The number of rotatable bonds is 11. The van der Waals surface area contributed by atoms with Gasteiger partial charge < -0.3 is 18.9 Å². The van der Waals surface area contributed by atoms with Gasteiger partial charge in [-0.25, -0.2) is 0 Å². The summed E-state index contributed by atoms with van der Waals surface area (Å²) in [6.07, 6.45) is 3.25. The first-order valence-electron chi connectivity index (χ1n) is 8.26. The summed E-state index contributed by atoms with van der Waals surface area (Å²) in [4.78, 5) is 5.11. The van der Waals surface area contributed by atoms with Crippen LogP contribution in [0.4, 0.5) is 0 Å². The molecule has 4 unspecified atom stereocenters. The van der Waals surface area contributed by atoms with Gasteiger partial charge in [0.25, 0.3) is 0 Å². The van der Waals surface area contributed by atoms with E-state index < -0.39 is 0 Å². The molecule has 0 bridgehead atoms. The summed E-state index contributed by atoms with van der Waals surface area (Å²) in [6.45, 7) is 10.0. The van der Waals surface area contributed by atoms with E-state index in [9.17, 15) is 0 Å². The molecule has 6 heteroatoms. The minimum absolute atomic E-state index is 0.425. The van der Waals surface area contributed by atoms with Crippen molar-refractivity contribution in [3.8, 4) is 0 Å². The number of ether oxygens (including phenoxy) is 4. The first kappa shape index (κ1) is 14.4. The van der Waals surface area contributed by atoms with Crippen molar-refractivity contribution in [2.45, 2.75) is 43.9 Å². The van der Waals surface area contributed by atoms with Gasteiger partial charge in [-0.3, -0.25) is 9.80 Å². The smallest absolute Gasteiger partial charge is 0.0937 e. The van der Waals surface area contributed by atoms with E-state index in [-0.39, 0.29) is 0 Å². The Labute approximate surface area is 126 Å². The van der Waals surface area contributed by atoms with Crippen LogP contribution in [0.5, 0.6) is 0 Å². The fourth-order valence-corrected chi connectivity index (χ4v) is 3.12. The molecular formula is C15H26N2O4. The zero-order chi connectivity index (χ0) is 14.2. The van der Waals surface area contributed by atoms with Crippen molar-refractivity contribution in [3.05, 3.63) is 0 Å². The summed E-state index contributed by atoms with van der Waals surface area (Å²) < 4.78 is 21.8. The number of hydrogen-bond donors (Lipinski definition) is 0. The molecule has 0 aromatic rings. The van der Waals surface area contributed by atoms with Crippen molar-refractivity contribution >= 4 is 0 Å². The van der Waals surface area contributed by atoms with Crippen molar-refractivity contribution < 1.29 is 18.9 Å². The lowest BCUT2D eigenvalue weighted by atomic mass is 10.2. The first-order valence-corrected chi connectivity index (χ1v) is 8.26. The van der Waals surface area contributed by atoms with Crippen molar-refractivity contribution in [2.24, 2.45) is 0 Å². The molecule has 4 saturated heterocycles. The van der Waals surface area contributed by atoms with E-state index in [0.29, 0.717) is 30.6 Å². The van der Waals surface area contributed by atoms with Crippen LogP contribution >= 0.6 is 0 Å². The molecule has 4 heterocycles. The molecule has 4 aliphatic heterocycles. The minimum Gasteiger partial charge on any atom is -0.372 e. The van der Waals surface area contributed by atoms with Crippen LogP contribution in [0.2, 0.25) is 0 Å². The maximum absolute atomic E-state index is 5.45. The van der Waals surface area contributed by atoms with Crippen molar-refractivity contribution in [3.63, 3.8) is 0 Å². The zero-order valence-electron chi connectivity index (χ0n) is 12.8. The Morgan fingerprint density at radius 2 is 1.00 bits per heavy atom. The molecule has 0 radical (unpaired) electrons. The largest absolute Gasteiger partial charge is 0.372 e. The van der Waals surface area contributed by atoms with Gasteiger partial charge in [-0.2, -0.15) is 0 Å². The number of epoxide rings is 4. The summed E-state index contributed by atoms with van der Waals surface area (Å²) in [5.74, 6) is 0. The van der Waals surface area contributed by atoms with Crippen molar-refractivity contribution in [2.75, 3.05) is 52.6 Å². The van der Waals surface area contributed by atoms with E-state index in [1.807, 2.05) is 0 Å². The number of nitrogens with zero attached hydrogens (tertiary/aromatic N) is 2. The lowest BCUT2D eigenvalue weighted by Crippen LogP contribution is -2.52. The zero-order valence-corrected chi connectivity index (χ0v) is 12.8. The average Bonchev–Trinajstić information content (AvgIpc) is 3.32. The Bertz CT molecular complexity index is 294. The van der Waals surface area contributed by atoms with E-state index in [1.54, 1.807) is 0 Å². The number of hydrogen-bond acceptors (Lipinski definition) is 6. The van der Waals surface area contributed by atoms with Crippen molar-refractivity contribution in [1.29, 1.82) is 0 Å². The van der Waals surface area contributed by atoms with Gasteiger partial charge in [0.1, 0.15) is 0 Å². The minimum atomic E-state index is 0.425. The molecule has 4 rings (SSSR count). The topological polar surface area (TPSA) is 56.6 Å². The molecule has 0 aromatic carbocycles. The van der Waals surface area contributed by atoms with Gasteiger partial charge in [0.05, 0.1) is 57.0 Å². The monoisotopic (exact) mass is 298 g/mol. The second-order valence-electron chi connectivity index (χ2n) is 6.62. The highest BCUT2D eigenvalue weighted by atomic mass is 16.6. The Balaban J connectivity index is 1.40. The lowest BCUT2D eigenvalue weighted by Gasteiger charge is -2.38. The Morgan fingerprint density at radius 1 is 0.714 bits per heavy atom. The van der Waals surface area contributed by atoms with Gasteiger partial charge >= 0.3 is 0 Å². The second-order valence-corrected chi connectivity index (χ2v) is 6.62. The molecule has 0 spiro atoms. The SMILES string of the molecule is CCC(N(CC1CO1)CC1CO1)N(CC1CO1)CC1CO1. The first-order chi connectivity index (χ1) is 10.3. The molecule has 21 heavy (non-hydrogen) atoms. The standard InChI is InChI=1S/C15H26N2O4/c1-2-15(16(3-11-7-18-11)4-12-8-19-12)17(5-13-9-20-13)6-14-10-21-14/h11-15H,2-10H2,1H3. The molecule has 0 amide bonds. The highest BCUT2D eigenvalue weighted by molar-refractivity contribution is 4.88. The third-order valence-electron chi connectivity index (χ3n) is 4.57. The molecule has 4 aliphatic rings. The fourth-order valence-electron chi connectivity index (χ4n) is 3.12. The summed E-state index contributed by atoms with van der Waals surface area (Å²) in [7, 11) is 0. The molecule has 4 fully saturated rings. The van der Waals surface area contributed by atoms with Gasteiger partial charge in [0, 0.05) is 26.2 Å². The summed E-state index contributed by atoms with van der Waals surface area (Å²) >= 11 is 0. The average molecular weight is 298 g/mol. The van der Waals surface area contributed by atoms with Crippen LogP contribution in [0.25, 0.3) is 0 Å². The van der Waals surface area contributed by atoms with Crippen LogP contribution in [0.3, 0.4) is 0 Å². The molecular weight excluding hydrogens is 272 g/mol. The predicted molar refractivity (Wildman–Crippen MR) is 76.2 cm³/mol. The van der Waals surface area contributed by atoms with E-state index >= 15 is 0 Å². The summed E-state index contributed by atoms with van der Waals surface area (Å²) in [5.41, 5.74) is 0. The fraction of sp³-hybridized carbons (Fsp3) is 1.00. The van der Waals surface area contributed by atoms with Gasteiger partial charge in [-0.1, -0.05) is 6.92 Å². The van der Waals surface area contributed by atoms with Gasteiger partial charge in [0.15, 0.2) is 0 Å². The third kappa shape index (κ3) is 4.37.